The van der Waals surface area contributed by atoms with Gasteiger partial charge in [-0.2, -0.15) is 5.26 Å². The van der Waals surface area contributed by atoms with E-state index >= 15 is 0 Å². The molecule has 0 aromatic heterocycles. The number of amides is 1. The van der Waals surface area contributed by atoms with E-state index in [-0.39, 0.29) is 28.2 Å². The molecule has 1 atom stereocenters. The maximum atomic E-state index is 13.1. The number of non-ortho nitro benzene ring substituents is 1. The lowest BCUT2D eigenvalue weighted by Crippen LogP contribution is -2.26. The number of esters is 1. The summed E-state index contributed by atoms with van der Waals surface area (Å²) in [6, 6.07) is 18.8. The van der Waals surface area contributed by atoms with Crippen molar-refractivity contribution in [3.8, 4) is 17.6 Å². The summed E-state index contributed by atoms with van der Waals surface area (Å²) in [7, 11) is 0. The number of hydrogen-bond donors (Lipinski definition) is 1. The number of nitro groups is 1. The number of ether oxygens (including phenoxy) is 3. The van der Waals surface area contributed by atoms with E-state index in [0.29, 0.717) is 22.6 Å². The third kappa shape index (κ3) is 5.51. The fourth-order valence-electron chi connectivity index (χ4n) is 3.29. The first-order valence-corrected chi connectivity index (χ1v) is 11.2. The summed E-state index contributed by atoms with van der Waals surface area (Å²) in [5.41, 5.74) is 0.598. The van der Waals surface area contributed by atoms with Crippen molar-refractivity contribution in [3.05, 3.63) is 98.0 Å². The summed E-state index contributed by atoms with van der Waals surface area (Å²) in [6.45, 7) is 0.0778. The quantitative estimate of drug-likeness (QED) is 0.144. The normalized spacial score (nSPS) is 12.8. The largest absolute Gasteiger partial charge is 0.454 e. The van der Waals surface area contributed by atoms with Gasteiger partial charge in [-0.1, -0.05) is 36.4 Å². The average molecular weight is 550 g/mol. The molecule has 11 heteroatoms. The molecule has 1 unspecified atom stereocenters. The van der Waals surface area contributed by atoms with Crippen LogP contribution in [0.1, 0.15) is 17.2 Å². The molecule has 0 saturated carbocycles. The summed E-state index contributed by atoms with van der Waals surface area (Å²) in [4.78, 5) is 36.5. The Hall–Kier alpha value is -4.69. The molecule has 3 aromatic rings. The van der Waals surface area contributed by atoms with Crippen molar-refractivity contribution in [2.45, 2.75) is 6.10 Å². The molecule has 0 saturated heterocycles. The SMILES string of the molecule is N#CC(=Cc1ccc2c(c1)OCO2)C(=O)OC(C(=O)Nc1ccc([N+](=O)[O-])cc1Br)c1ccccc1. The zero-order valence-corrected chi connectivity index (χ0v) is 19.9. The lowest BCUT2D eigenvalue weighted by atomic mass is 10.1. The van der Waals surface area contributed by atoms with Crippen molar-refractivity contribution in [1.82, 2.24) is 0 Å². The van der Waals surface area contributed by atoms with Crippen LogP contribution in [0, 0.1) is 21.4 Å². The number of fused-ring (bicyclic) bond motifs is 1. The predicted octanol–water partition coefficient (Wildman–Crippen LogP) is 4.92. The van der Waals surface area contributed by atoms with Gasteiger partial charge < -0.3 is 19.5 Å². The van der Waals surface area contributed by atoms with Crippen LogP contribution in [0.4, 0.5) is 11.4 Å². The zero-order valence-electron chi connectivity index (χ0n) is 18.3. The number of rotatable bonds is 7. The number of carbonyl (C=O) groups is 2. The lowest BCUT2D eigenvalue weighted by molar-refractivity contribution is -0.384. The van der Waals surface area contributed by atoms with Crippen LogP contribution >= 0.6 is 15.9 Å². The lowest BCUT2D eigenvalue weighted by Gasteiger charge is -2.18. The van der Waals surface area contributed by atoms with Crippen LogP contribution in [-0.2, 0) is 14.3 Å². The number of benzene rings is 3. The third-order valence-corrected chi connectivity index (χ3v) is 5.69. The topological polar surface area (TPSA) is 141 Å². The number of nitrogens with one attached hydrogen (secondary N) is 1. The van der Waals surface area contributed by atoms with Gasteiger partial charge in [0, 0.05) is 22.2 Å². The number of anilines is 1. The van der Waals surface area contributed by atoms with Crippen molar-refractivity contribution in [2.75, 3.05) is 12.1 Å². The number of hydrogen-bond acceptors (Lipinski definition) is 8. The molecule has 0 fully saturated rings. The highest BCUT2D eigenvalue weighted by Gasteiger charge is 2.27. The molecule has 4 rings (SSSR count). The molecule has 0 bridgehead atoms. The van der Waals surface area contributed by atoms with Crippen LogP contribution in [0.15, 0.2) is 76.8 Å². The van der Waals surface area contributed by atoms with E-state index in [9.17, 15) is 25.0 Å². The molecule has 1 aliphatic rings. The highest BCUT2D eigenvalue weighted by atomic mass is 79.9. The van der Waals surface area contributed by atoms with Gasteiger partial charge in [0.1, 0.15) is 11.6 Å². The summed E-state index contributed by atoms with van der Waals surface area (Å²) in [5, 5.41) is 23.2. The first kappa shape index (κ1) is 24.4. The first-order valence-electron chi connectivity index (χ1n) is 10.4. The first-order chi connectivity index (χ1) is 17.4. The number of carbonyl (C=O) groups excluding carboxylic acids is 2. The highest BCUT2D eigenvalue weighted by molar-refractivity contribution is 9.10. The minimum Gasteiger partial charge on any atom is -0.454 e. The van der Waals surface area contributed by atoms with E-state index in [1.54, 1.807) is 54.6 Å². The van der Waals surface area contributed by atoms with E-state index in [2.05, 4.69) is 21.2 Å². The Morgan fingerprint density at radius 3 is 2.56 bits per heavy atom. The average Bonchev–Trinajstić information content (AvgIpc) is 3.35. The Morgan fingerprint density at radius 2 is 1.86 bits per heavy atom. The fourth-order valence-corrected chi connectivity index (χ4v) is 3.76. The van der Waals surface area contributed by atoms with E-state index in [4.69, 9.17) is 14.2 Å². The Balaban J connectivity index is 1.58. The summed E-state index contributed by atoms with van der Waals surface area (Å²) in [5.74, 6) is -0.706. The molecule has 0 radical (unpaired) electrons. The van der Waals surface area contributed by atoms with Gasteiger partial charge in [-0.15, -0.1) is 0 Å². The fraction of sp³-hybridized carbons (Fsp3) is 0.0800. The molecule has 1 amide bonds. The van der Waals surface area contributed by atoms with Crippen LogP contribution in [0.25, 0.3) is 6.08 Å². The second kappa shape index (κ2) is 10.7. The smallest absolute Gasteiger partial charge is 0.350 e. The molecular weight excluding hydrogens is 534 g/mol. The molecule has 1 N–H and O–H groups in total. The minimum atomic E-state index is -1.41. The Morgan fingerprint density at radius 1 is 1.11 bits per heavy atom. The Bertz CT molecular complexity index is 1420. The van der Waals surface area contributed by atoms with Gasteiger partial charge in [-0.3, -0.25) is 14.9 Å². The van der Waals surface area contributed by atoms with Crippen LogP contribution in [-0.4, -0.2) is 23.6 Å². The van der Waals surface area contributed by atoms with Crippen molar-refractivity contribution in [2.24, 2.45) is 0 Å². The Kier molecular flexibility index (Phi) is 7.27. The van der Waals surface area contributed by atoms with Gasteiger partial charge in [-0.05, 0) is 45.8 Å². The molecule has 1 heterocycles. The van der Waals surface area contributed by atoms with Crippen LogP contribution < -0.4 is 14.8 Å². The monoisotopic (exact) mass is 549 g/mol. The molecule has 10 nitrogen and oxygen atoms in total. The van der Waals surface area contributed by atoms with Crippen molar-refractivity contribution in [1.29, 1.82) is 5.26 Å². The number of halogens is 1. The van der Waals surface area contributed by atoms with Crippen molar-refractivity contribution in [3.63, 3.8) is 0 Å². The van der Waals surface area contributed by atoms with Gasteiger partial charge in [0.2, 0.25) is 12.9 Å². The Labute approximate surface area is 213 Å². The molecule has 0 aliphatic carbocycles. The second-order valence-corrected chi connectivity index (χ2v) is 8.24. The molecule has 36 heavy (non-hydrogen) atoms. The van der Waals surface area contributed by atoms with Gasteiger partial charge in [0.05, 0.1) is 10.6 Å². The molecule has 180 valence electrons. The van der Waals surface area contributed by atoms with Gasteiger partial charge in [0.25, 0.3) is 11.6 Å². The summed E-state index contributed by atoms with van der Waals surface area (Å²) in [6.07, 6.45) is -0.0914. The van der Waals surface area contributed by atoms with Gasteiger partial charge in [-0.25, -0.2) is 4.79 Å². The zero-order chi connectivity index (χ0) is 25.7. The molecular formula is C25H16BrN3O7. The predicted molar refractivity (Wildman–Crippen MR) is 131 cm³/mol. The maximum absolute atomic E-state index is 13.1. The summed E-state index contributed by atoms with van der Waals surface area (Å²) < 4.78 is 16.3. The number of nitro benzene ring substituents is 1. The van der Waals surface area contributed by atoms with E-state index in [1.807, 2.05) is 0 Å². The van der Waals surface area contributed by atoms with Crippen molar-refractivity contribution < 1.29 is 28.7 Å². The summed E-state index contributed by atoms with van der Waals surface area (Å²) >= 11 is 3.19. The number of nitrogens with zero attached hydrogens (tertiary/aromatic N) is 2. The van der Waals surface area contributed by atoms with E-state index in [1.165, 1.54) is 24.3 Å². The van der Waals surface area contributed by atoms with Gasteiger partial charge >= 0.3 is 5.97 Å². The van der Waals surface area contributed by atoms with Crippen LogP contribution in [0.5, 0.6) is 11.5 Å². The van der Waals surface area contributed by atoms with Gasteiger partial charge in [0.15, 0.2) is 11.5 Å². The van der Waals surface area contributed by atoms with Crippen LogP contribution in [0.2, 0.25) is 0 Å². The van der Waals surface area contributed by atoms with E-state index in [0.717, 1.165) is 0 Å². The molecule has 1 aliphatic heterocycles. The molecule has 0 spiro atoms. The van der Waals surface area contributed by atoms with Crippen molar-refractivity contribution >= 4 is 45.3 Å². The highest BCUT2D eigenvalue weighted by Crippen LogP contribution is 2.33. The van der Waals surface area contributed by atoms with E-state index < -0.39 is 22.9 Å². The number of nitriles is 1. The van der Waals surface area contributed by atoms with Crippen LogP contribution in [0.3, 0.4) is 0 Å². The minimum absolute atomic E-state index is 0.0778. The standard InChI is InChI=1S/C25H16BrN3O7/c26-19-12-18(29(32)33)7-8-20(19)28-24(30)23(16-4-2-1-3-5-16)36-25(31)17(13-27)10-15-6-9-21-22(11-15)35-14-34-21/h1-12,23H,14H2,(H,28,30). The third-order valence-electron chi connectivity index (χ3n) is 5.03. The maximum Gasteiger partial charge on any atom is 0.350 e. The second-order valence-electron chi connectivity index (χ2n) is 7.39. The molecule has 3 aromatic carbocycles.